The van der Waals surface area contributed by atoms with Crippen molar-refractivity contribution in [2.75, 3.05) is 13.7 Å². The third kappa shape index (κ3) is 6.16. The summed E-state index contributed by atoms with van der Waals surface area (Å²) in [6.07, 6.45) is 0.845. The van der Waals surface area contributed by atoms with Gasteiger partial charge in [-0.3, -0.25) is 9.59 Å². The number of carbonyl (C=O) groups is 2. The van der Waals surface area contributed by atoms with Crippen LogP contribution in [0.2, 0.25) is 0 Å². The molecule has 0 atom stereocenters. The number of benzene rings is 1. The Morgan fingerprint density at radius 3 is 2.36 bits per heavy atom. The van der Waals surface area contributed by atoms with Crippen molar-refractivity contribution in [3.05, 3.63) is 23.8 Å². The summed E-state index contributed by atoms with van der Waals surface area (Å²) in [5.41, 5.74) is 0.0990. The van der Waals surface area contributed by atoms with E-state index in [1.807, 2.05) is 20.8 Å². The number of methoxy groups -OCH3 is 1. The summed E-state index contributed by atoms with van der Waals surface area (Å²) in [5.74, 6) is 0.784. The van der Waals surface area contributed by atoms with Gasteiger partial charge < -0.3 is 14.2 Å². The van der Waals surface area contributed by atoms with E-state index in [1.165, 1.54) is 14.0 Å². The van der Waals surface area contributed by atoms with Gasteiger partial charge in [0.15, 0.2) is 17.3 Å². The first-order chi connectivity index (χ1) is 10.2. The predicted octanol–water partition coefficient (Wildman–Crippen LogP) is 3.40. The van der Waals surface area contributed by atoms with Gasteiger partial charge >= 0.3 is 5.97 Å². The van der Waals surface area contributed by atoms with Crippen molar-refractivity contribution >= 4 is 11.8 Å². The summed E-state index contributed by atoms with van der Waals surface area (Å²) in [5, 5.41) is 0. The predicted molar refractivity (Wildman–Crippen MR) is 83.6 cm³/mol. The lowest BCUT2D eigenvalue weighted by molar-refractivity contribution is -0.155. The summed E-state index contributed by atoms with van der Waals surface area (Å²) in [6, 6.07) is 5.03. The maximum absolute atomic E-state index is 11.6. The van der Waals surface area contributed by atoms with Crippen molar-refractivity contribution in [2.24, 2.45) is 0 Å². The highest BCUT2D eigenvalue weighted by Gasteiger charge is 2.16. The number of hydrogen-bond donors (Lipinski definition) is 0. The molecule has 1 aromatic rings. The molecule has 5 nitrogen and oxygen atoms in total. The fourth-order valence-electron chi connectivity index (χ4n) is 1.80. The third-order valence-corrected chi connectivity index (χ3v) is 2.77. The maximum Gasteiger partial charge on any atom is 0.306 e. The van der Waals surface area contributed by atoms with Gasteiger partial charge in [0, 0.05) is 12.0 Å². The van der Waals surface area contributed by atoms with Gasteiger partial charge in [0.1, 0.15) is 5.60 Å². The monoisotopic (exact) mass is 308 g/mol. The highest BCUT2D eigenvalue weighted by molar-refractivity contribution is 5.94. The largest absolute Gasteiger partial charge is 0.493 e. The van der Waals surface area contributed by atoms with Crippen molar-refractivity contribution < 1.29 is 23.8 Å². The zero-order valence-corrected chi connectivity index (χ0v) is 13.9. The zero-order valence-electron chi connectivity index (χ0n) is 13.9. The molecule has 0 aromatic heterocycles. The molecule has 1 aromatic carbocycles. The SMILES string of the molecule is COc1cc(C(C)=O)ccc1OCCCC(=O)OC(C)(C)C. The van der Waals surface area contributed by atoms with Crippen LogP contribution in [0.5, 0.6) is 11.5 Å². The quantitative estimate of drug-likeness (QED) is 0.439. The molecule has 0 saturated heterocycles. The molecule has 122 valence electrons. The van der Waals surface area contributed by atoms with Crippen LogP contribution in [0.4, 0.5) is 0 Å². The highest BCUT2D eigenvalue weighted by Crippen LogP contribution is 2.28. The van der Waals surface area contributed by atoms with Crippen LogP contribution in [0.1, 0.15) is 50.9 Å². The van der Waals surface area contributed by atoms with E-state index >= 15 is 0 Å². The zero-order chi connectivity index (χ0) is 16.8. The van der Waals surface area contributed by atoms with Crippen molar-refractivity contribution in [3.63, 3.8) is 0 Å². The smallest absolute Gasteiger partial charge is 0.306 e. The number of ketones is 1. The molecule has 0 heterocycles. The molecule has 0 amide bonds. The van der Waals surface area contributed by atoms with E-state index in [9.17, 15) is 9.59 Å². The molecule has 0 unspecified atom stereocenters. The molecule has 0 bridgehead atoms. The molecule has 0 saturated carbocycles. The number of carbonyl (C=O) groups excluding carboxylic acids is 2. The summed E-state index contributed by atoms with van der Waals surface area (Å²) in [4.78, 5) is 22.9. The van der Waals surface area contributed by atoms with Crippen molar-refractivity contribution in [1.82, 2.24) is 0 Å². The van der Waals surface area contributed by atoms with Gasteiger partial charge in [0.05, 0.1) is 13.7 Å². The average molecular weight is 308 g/mol. The maximum atomic E-state index is 11.6. The molecule has 22 heavy (non-hydrogen) atoms. The molecular formula is C17H24O5. The Morgan fingerprint density at radius 2 is 1.82 bits per heavy atom. The second kappa shape index (κ2) is 7.82. The van der Waals surface area contributed by atoms with Crippen molar-refractivity contribution in [2.45, 2.75) is 46.1 Å². The molecule has 0 fully saturated rings. The van der Waals surface area contributed by atoms with E-state index in [4.69, 9.17) is 14.2 Å². The number of hydrogen-bond acceptors (Lipinski definition) is 5. The van der Waals surface area contributed by atoms with E-state index in [0.29, 0.717) is 36.5 Å². The summed E-state index contributed by atoms with van der Waals surface area (Å²) in [7, 11) is 1.52. The van der Waals surface area contributed by atoms with Gasteiger partial charge in [-0.2, -0.15) is 0 Å². The Bertz CT molecular complexity index is 528. The normalized spacial score (nSPS) is 11.0. The topological polar surface area (TPSA) is 61.8 Å². The minimum absolute atomic E-state index is 0.0326. The van der Waals surface area contributed by atoms with Crippen LogP contribution in [-0.2, 0) is 9.53 Å². The van der Waals surface area contributed by atoms with Crippen molar-refractivity contribution in [1.29, 1.82) is 0 Å². The van der Waals surface area contributed by atoms with Gasteiger partial charge in [-0.25, -0.2) is 0 Å². The number of ether oxygens (including phenoxy) is 3. The second-order valence-electron chi connectivity index (χ2n) is 5.96. The van der Waals surface area contributed by atoms with Gasteiger partial charge in [0.2, 0.25) is 0 Å². The molecule has 0 aliphatic rings. The minimum atomic E-state index is -0.469. The fourth-order valence-corrected chi connectivity index (χ4v) is 1.80. The minimum Gasteiger partial charge on any atom is -0.493 e. The molecule has 1 rings (SSSR count). The van der Waals surface area contributed by atoms with Gasteiger partial charge in [0.25, 0.3) is 0 Å². The molecule has 0 spiro atoms. The lowest BCUT2D eigenvalue weighted by Gasteiger charge is -2.19. The van der Waals surface area contributed by atoms with Crippen LogP contribution < -0.4 is 9.47 Å². The molecule has 0 radical (unpaired) electrons. The van der Waals surface area contributed by atoms with E-state index in [0.717, 1.165) is 0 Å². The number of esters is 1. The Hall–Kier alpha value is -2.04. The Balaban J connectivity index is 2.48. The molecule has 5 heteroatoms. The lowest BCUT2D eigenvalue weighted by atomic mass is 10.1. The van der Waals surface area contributed by atoms with Gasteiger partial charge in [-0.1, -0.05) is 0 Å². The lowest BCUT2D eigenvalue weighted by Crippen LogP contribution is -2.23. The van der Waals surface area contributed by atoms with Gasteiger partial charge in [-0.15, -0.1) is 0 Å². The standard InChI is InChI=1S/C17H24O5/c1-12(18)13-8-9-14(15(11-13)20-5)21-10-6-7-16(19)22-17(2,3)4/h8-9,11H,6-7,10H2,1-5H3. The first-order valence-corrected chi connectivity index (χ1v) is 7.26. The number of Topliss-reactive ketones (excluding diaryl/α,β-unsaturated/α-hetero) is 1. The van der Waals surface area contributed by atoms with Crippen LogP contribution in [0.25, 0.3) is 0 Å². The average Bonchev–Trinajstić information content (AvgIpc) is 2.41. The van der Waals surface area contributed by atoms with Crippen LogP contribution >= 0.6 is 0 Å². The number of rotatable bonds is 7. The Kier molecular flexibility index (Phi) is 6.40. The molecule has 0 aliphatic heterocycles. The first-order valence-electron chi connectivity index (χ1n) is 7.26. The van der Waals surface area contributed by atoms with Crippen LogP contribution in [0.15, 0.2) is 18.2 Å². The Labute approximate surface area is 131 Å². The fraction of sp³-hybridized carbons (Fsp3) is 0.529. The summed E-state index contributed by atoms with van der Waals surface area (Å²) < 4.78 is 16.0. The van der Waals surface area contributed by atoms with E-state index in [1.54, 1.807) is 18.2 Å². The molecule has 0 aliphatic carbocycles. The van der Waals surface area contributed by atoms with E-state index in [2.05, 4.69) is 0 Å². The Morgan fingerprint density at radius 1 is 1.14 bits per heavy atom. The van der Waals surface area contributed by atoms with E-state index in [-0.39, 0.29) is 11.8 Å². The van der Waals surface area contributed by atoms with Crippen LogP contribution in [0, 0.1) is 0 Å². The van der Waals surface area contributed by atoms with Crippen LogP contribution in [0.3, 0.4) is 0 Å². The molecular weight excluding hydrogens is 284 g/mol. The summed E-state index contributed by atoms with van der Waals surface area (Å²) >= 11 is 0. The van der Waals surface area contributed by atoms with Gasteiger partial charge in [-0.05, 0) is 52.3 Å². The third-order valence-electron chi connectivity index (χ3n) is 2.77. The molecule has 0 N–H and O–H groups in total. The first kappa shape index (κ1) is 18.0. The summed E-state index contributed by atoms with van der Waals surface area (Å²) in [6.45, 7) is 7.37. The highest BCUT2D eigenvalue weighted by atomic mass is 16.6. The van der Waals surface area contributed by atoms with Crippen LogP contribution in [-0.4, -0.2) is 31.1 Å². The van der Waals surface area contributed by atoms with Crippen molar-refractivity contribution in [3.8, 4) is 11.5 Å². The second-order valence-corrected chi connectivity index (χ2v) is 5.96. The van der Waals surface area contributed by atoms with E-state index < -0.39 is 5.60 Å².